The van der Waals surface area contributed by atoms with Gasteiger partial charge < -0.3 is 9.97 Å². The zero-order valence-electron chi connectivity index (χ0n) is 36.0. The second-order valence-corrected chi connectivity index (χ2v) is 16.4. The van der Waals surface area contributed by atoms with Crippen LogP contribution in [-0.2, 0) is 0 Å². The van der Waals surface area contributed by atoms with Gasteiger partial charge in [0.2, 0.25) is 0 Å². The minimum absolute atomic E-state index is 0. The molecule has 3 aromatic heterocycles. The van der Waals surface area contributed by atoms with E-state index in [-0.39, 0.29) is 23.1 Å². The topological polar surface area (TPSA) is 54.0 Å². The number of aromatic nitrogens is 4. The molecule has 5 heterocycles. The molecule has 7 aromatic rings. The van der Waals surface area contributed by atoms with E-state index in [4.69, 9.17) is 26.4 Å². The summed E-state index contributed by atoms with van der Waals surface area (Å²) in [4.78, 5) is 22.1. The second kappa shape index (κ2) is 15.8. The molecule has 0 saturated heterocycles. The first-order valence-electron chi connectivity index (χ1n) is 20.3. The van der Waals surface area contributed by atoms with Gasteiger partial charge in [-0.05, 0) is 177 Å². The average Bonchev–Trinajstić information content (AvgIpc) is 4.02. The molecule has 5 heteroatoms. The van der Waals surface area contributed by atoms with Crippen molar-refractivity contribution >= 4 is 69.4 Å². The van der Waals surface area contributed by atoms with Crippen LogP contribution in [0.5, 0.6) is 0 Å². The third-order valence-electron chi connectivity index (χ3n) is 11.7. The van der Waals surface area contributed by atoms with Crippen LogP contribution in [0, 0.1) is 74.7 Å². The summed E-state index contributed by atoms with van der Waals surface area (Å²) in [5.41, 5.74) is 26.8. The molecule has 0 amide bonds. The maximum atomic E-state index is 5.82. The van der Waals surface area contributed by atoms with Crippen LogP contribution in [-0.4, -0.2) is 33.0 Å². The molecule has 60 heavy (non-hydrogen) atoms. The summed E-state index contributed by atoms with van der Waals surface area (Å²) in [5.74, 6) is 2.78. The van der Waals surface area contributed by atoms with Crippen molar-refractivity contribution in [2.24, 2.45) is 0 Å². The fourth-order valence-electron chi connectivity index (χ4n) is 9.61. The minimum atomic E-state index is 0. The van der Waals surface area contributed by atoms with Gasteiger partial charge in [0.15, 0.2) is 0 Å². The number of benzene rings is 4. The van der Waals surface area contributed by atoms with Crippen molar-refractivity contribution in [2.75, 3.05) is 0 Å². The molecule has 2 aliphatic heterocycles. The van der Waals surface area contributed by atoms with Crippen LogP contribution in [0.15, 0.2) is 84.9 Å². The predicted molar refractivity (Wildman–Crippen MR) is 255 cm³/mol. The Labute approximate surface area is 369 Å². The van der Waals surface area contributed by atoms with E-state index >= 15 is 0 Å². The first kappa shape index (κ1) is 40.6. The van der Waals surface area contributed by atoms with Gasteiger partial charge in [-0.3, -0.25) is 0 Å². The summed E-state index contributed by atoms with van der Waals surface area (Å²) in [6.07, 6.45) is 14.4. The normalized spacial score (nSPS) is 11.8. The molecule has 0 aliphatic carbocycles. The van der Waals surface area contributed by atoms with Crippen LogP contribution in [0.4, 0.5) is 0 Å². The van der Waals surface area contributed by atoms with Crippen molar-refractivity contribution < 1.29 is 0 Å². The van der Waals surface area contributed by atoms with E-state index in [1.165, 1.54) is 50.1 Å². The maximum absolute atomic E-state index is 5.82. The van der Waals surface area contributed by atoms with Crippen molar-refractivity contribution in [1.29, 1.82) is 0 Å². The molecule has 288 valence electrons. The molecule has 0 atom stereocenters. The number of terminal acetylenes is 1. The standard InChI is InChI=1S/C55H46N4.Mg/c1-11-39-12-14-40(15-13-39)52-41-16-18-43(56-41)53(49-33(5)24-30(2)25-34(49)6)45-20-22-47(58-45)55(51-37(9)28-32(4)29-38(51)10)48-23-21-46(59-48)54(44-19-17-42(52)57-44)50-35(7)26-31(3)27-36(50)8;/h1,12-29H,2-10H3;/q-2;+2. The van der Waals surface area contributed by atoms with Crippen LogP contribution < -0.4 is 9.97 Å². The van der Waals surface area contributed by atoms with Crippen molar-refractivity contribution in [2.45, 2.75) is 62.3 Å². The molecule has 8 bridgehead atoms. The number of hydrogen-bond acceptors (Lipinski definition) is 2. The molecule has 0 N–H and O–H groups in total. The second-order valence-electron chi connectivity index (χ2n) is 16.4. The quantitative estimate of drug-likeness (QED) is 0.132. The Hall–Kier alpha value is -6.19. The Balaban J connectivity index is 0.00000499. The summed E-state index contributed by atoms with van der Waals surface area (Å²) in [7, 11) is 0. The molecule has 0 saturated carbocycles. The van der Waals surface area contributed by atoms with Crippen LogP contribution in [0.3, 0.4) is 0 Å². The molecule has 4 nitrogen and oxygen atoms in total. The van der Waals surface area contributed by atoms with Gasteiger partial charge in [0.1, 0.15) is 0 Å². The Morgan fingerprint density at radius 1 is 0.383 bits per heavy atom. The number of rotatable bonds is 4. The SMILES string of the molecule is C#Cc1ccc(-c2c3nc(c(-c4c(C)cc(C)cc4C)c4ccc([n-]4)c(-c4c(C)cc(C)cc4C)c4nc(c(-c5c(C)cc(C)cc5C)c5ccc2[n-]5)C=C4)C=C3)cc1.[Mg+2]. The fourth-order valence-corrected chi connectivity index (χ4v) is 9.61. The van der Waals surface area contributed by atoms with Crippen LogP contribution in [0.1, 0.15) is 78.4 Å². The number of nitrogens with zero attached hydrogens (tertiary/aromatic N) is 4. The molecule has 2 aliphatic rings. The van der Waals surface area contributed by atoms with E-state index in [0.717, 1.165) is 94.9 Å². The molecule has 9 rings (SSSR count). The summed E-state index contributed by atoms with van der Waals surface area (Å²) in [6, 6.07) is 30.2. The zero-order chi connectivity index (χ0) is 41.3. The van der Waals surface area contributed by atoms with Crippen molar-refractivity contribution in [3.8, 4) is 56.9 Å². The first-order valence-corrected chi connectivity index (χ1v) is 20.3. The smallest absolute Gasteiger partial charge is 0.657 e. The van der Waals surface area contributed by atoms with Crippen LogP contribution in [0.25, 0.3) is 90.9 Å². The third kappa shape index (κ3) is 7.04. The van der Waals surface area contributed by atoms with Gasteiger partial charge in [0.05, 0.1) is 22.8 Å². The summed E-state index contributed by atoms with van der Waals surface area (Å²) in [5, 5.41) is 0. The third-order valence-corrected chi connectivity index (χ3v) is 11.7. The van der Waals surface area contributed by atoms with E-state index in [0.29, 0.717) is 0 Å². The molecule has 0 fully saturated rings. The zero-order valence-corrected chi connectivity index (χ0v) is 37.4. The number of aryl methyl sites for hydroxylation is 9. The van der Waals surface area contributed by atoms with Gasteiger partial charge >= 0.3 is 23.1 Å². The predicted octanol–water partition coefficient (Wildman–Crippen LogP) is 13.0. The Morgan fingerprint density at radius 3 is 0.967 bits per heavy atom. The first-order chi connectivity index (χ1) is 28.4. The molecular weight excluding hydrogens is 741 g/mol. The van der Waals surface area contributed by atoms with Crippen LogP contribution in [0.2, 0.25) is 0 Å². The average molecular weight is 787 g/mol. The van der Waals surface area contributed by atoms with Crippen molar-refractivity contribution in [1.82, 2.24) is 19.9 Å². The molecule has 4 aromatic carbocycles. The van der Waals surface area contributed by atoms with E-state index < -0.39 is 0 Å². The van der Waals surface area contributed by atoms with Gasteiger partial charge in [-0.15, -0.1) is 28.5 Å². The van der Waals surface area contributed by atoms with E-state index in [1.54, 1.807) is 0 Å². The summed E-state index contributed by atoms with van der Waals surface area (Å²) >= 11 is 0. The molecule has 0 radical (unpaired) electrons. The minimum Gasteiger partial charge on any atom is -0.657 e. The number of hydrogen-bond donors (Lipinski definition) is 0. The number of fused-ring (bicyclic) bond motifs is 8. The van der Waals surface area contributed by atoms with Gasteiger partial charge in [-0.25, -0.2) is 9.97 Å². The van der Waals surface area contributed by atoms with Crippen LogP contribution >= 0.6 is 0 Å². The van der Waals surface area contributed by atoms with Crippen molar-refractivity contribution in [3.63, 3.8) is 0 Å². The van der Waals surface area contributed by atoms with E-state index in [2.05, 4.69) is 165 Å². The summed E-state index contributed by atoms with van der Waals surface area (Å²) < 4.78 is 0. The Kier molecular flexibility index (Phi) is 10.7. The fraction of sp³-hybridized carbons (Fsp3) is 0.164. The molecule has 0 unspecified atom stereocenters. The summed E-state index contributed by atoms with van der Waals surface area (Å²) in [6.45, 7) is 19.6. The monoisotopic (exact) mass is 786 g/mol. The van der Waals surface area contributed by atoms with Gasteiger partial charge in [0.25, 0.3) is 0 Å². The van der Waals surface area contributed by atoms with Gasteiger partial charge in [0, 0.05) is 5.56 Å². The Morgan fingerprint density at radius 2 is 0.667 bits per heavy atom. The largest absolute Gasteiger partial charge is 2.00 e. The van der Waals surface area contributed by atoms with E-state index in [1.807, 2.05) is 12.1 Å². The van der Waals surface area contributed by atoms with Gasteiger partial charge in [-0.2, -0.15) is 0 Å². The van der Waals surface area contributed by atoms with Gasteiger partial charge in [-0.1, -0.05) is 95.4 Å². The maximum Gasteiger partial charge on any atom is 2.00 e. The van der Waals surface area contributed by atoms with E-state index in [9.17, 15) is 0 Å². The van der Waals surface area contributed by atoms with Crippen molar-refractivity contribution in [3.05, 3.63) is 163 Å². The molecule has 0 spiro atoms. The Bertz CT molecular complexity index is 3070. The molecular formula is C55H46MgN4.